The lowest BCUT2D eigenvalue weighted by Crippen LogP contribution is -2.46. The number of aromatic nitrogens is 1. The van der Waals surface area contributed by atoms with E-state index in [4.69, 9.17) is 9.52 Å². The van der Waals surface area contributed by atoms with Crippen LogP contribution in [0, 0.1) is 5.82 Å². The Morgan fingerprint density at radius 2 is 1.95 bits per heavy atom. The summed E-state index contributed by atoms with van der Waals surface area (Å²) in [6.45, 7) is 5.33. The molecule has 0 bridgehead atoms. The fourth-order valence-electron chi connectivity index (χ4n) is 2.66. The van der Waals surface area contributed by atoms with Crippen LogP contribution in [-0.2, 0) is 6.54 Å². The molecule has 5 nitrogen and oxygen atoms in total. The summed E-state index contributed by atoms with van der Waals surface area (Å²) in [5.41, 5.74) is 0.700. The van der Waals surface area contributed by atoms with E-state index in [2.05, 4.69) is 14.8 Å². The zero-order valence-corrected chi connectivity index (χ0v) is 12.4. The van der Waals surface area contributed by atoms with Gasteiger partial charge in [0.15, 0.2) is 5.76 Å². The van der Waals surface area contributed by atoms with Gasteiger partial charge in [0.1, 0.15) is 5.82 Å². The molecule has 1 aliphatic heterocycles. The molecule has 0 unspecified atom stereocenters. The molecule has 118 valence electrons. The minimum Gasteiger partial charge on any atom is -0.439 e. The summed E-state index contributed by atoms with van der Waals surface area (Å²) in [7, 11) is 0. The van der Waals surface area contributed by atoms with E-state index in [1.165, 1.54) is 12.1 Å². The number of halogens is 1. The molecular formula is C16H20FN3O2. The molecule has 3 rings (SSSR count). The van der Waals surface area contributed by atoms with E-state index in [1.807, 2.05) is 0 Å². The van der Waals surface area contributed by atoms with Gasteiger partial charge in [0.2, 0.25) is 5.89 Å². The first-order valence-electron chi connectivity index (χ1n) is 7.51. The largest absolute Gasteiger partial charge is 0.439 e. The van der Waals surface area contributed by atoms with E-state index < -0.39 is 0 Å². The molecule has 0 atom stereocenters. The molecule has 0 saturated carbocycles. The number of benzene rings is 1. The first-order chi connectivity index (χ1) is 10.7. The van der Waals surface area contributed by atoms with Gasteiger partial charge < -0.3 is 9.52 Å². The molecule has 0 radical (unpaired) electrons. The quantitative estimate of drug-likeness (QED) is 0.909. The monoisotopic (exact) mass is 305 g/mol. The van der Waals surface area contributed by atoms with E-state index in [0.29, 0.717) is 23.8 Å². The van der Waals surface area contributed by atoms with Gasteiger partial charge in [0, 0.05) is 38.3 Å². The summed E-state index contributed by atoms with van der Waals surface area (Å²) in [6, 6.07) is 6.32. The number of hydrogen-bond acceptors (Lipinski definition) is 5. The maximum atomic E-state index is 13.2. The number of hydrogen-bond donors (Lipinski definition) is 1. The average molecular weight is 305 g/mol. The standard InChI is InChI=1S/C16H20FN3O2/c17-14-3-1-2-13(10-14)15-11-18-16(22-15)12-20-6-4-19(5-7-20)8-9-21/h1-3,10-11,21H,4-9,12H2. The molecular weight excluding hydrogens is 285 g/mol. The van der Waals surface area contributed by atoms with E-state index in [-0.39, 0.29) is 12.4 Å². The predicted molar refractivity (Wildman–Crippen MR) is 80.7 cm³/mol. The second kappa shape index (κ2) is 7.00. The smallest absolute Gasteiger partial charge is 0.209 e. The molecule has 6 heteroatoms. The Hall–Kier alpha value is -1.76. The molecule has 0 spiro atoms. The lowest BCUT2D eigenvalue weighted by atomic mass is 10.2. The highest BCUT2D eigenvalue weighted by molar-refractivity contribution is 5.56. The first-order valence-corrected chi connectivity index (χ1v) is 7.51. The third kappa shape index (κ3) is 3.71. The van der Waals surface area contributed by atoms with Crippen LogP contribution in [0.4, 0.5) is 4.39 Å². The van der Waals surface area contributed by atoms with Crippen molar-refractivity contribution in [1.82, 2.24) is 14.8 Å². The van der Waals surface area contributed by atoms with E-state index in [0.717, 1.165) is 32.7 Å². The van der Waals surface area contributed by atoms with Crippen molar-refractivity contribution in [2.75, 3.05) is 39.3 Å². The fourth-order valence-corrected chi connectivity index (χ4v) is 2.66. The normalized spacial score (nSPS) is 17.0. The van der Waals surface area contributed by atoms with Gasteiger partial charge >= 0.3 is 0 Å². The summed E-state index contributed by atoms with van der Waals surface area (Å²) in [6.07, 6.45) is 1.64. The van der Waals surface area contributed by atoms with E-state index in [9.17, 15) is 4.39 Å². The third-order valence-electron chi connectivity index (χ3n) is 3.90. The Kier molecular flexibility index (Phi) is 4.82. The van der Waals surface area contributed by atoms with Gasteiger partial charge in [0.25, 0.3) is 0 Å². The summed E-state index contributed by atoms with van der Waals surface area (Å²) in [5.74, 6) is 0.957. The lowest BCUT2D eigenvalue weighted by molar-refractivity contribution is 0.103. The maximum Gasteiger partial charge on any atom is 0.209 e. The van der Waals surface area contributed by atoms with Gasteiger partial charge in [-0.05, 0) is 12.1 Å². The summed E-state index contributed by atoms with van der Waals surface area (Å²) >= 11 is 0. The molecule has 1 saturated heterocycles. The van der Waals surface area contributed by atoms with Crippen molar-refractivity contribution >= 4 is 0 Å². The second-order valence-electron chi connectivity index (χ2n) is 5.47. The Balaban J connectivity index is 1.58. The number of nitrogens with zero attached hydrogens (tertiary/aromatic N) is 3. The number of rotatable bonds is 5. The number of oxazole rings is 1. The van der Waals surface area contributed by atoms with Crippen LogP contribution in [0.1, 0.15) is 5.89 Å². The number of aliphatic hydroxyl groups excluding tert-OH is 1. The van der Waals surface area contributed by atoms with Crippen molar-refractivity contribution in [3.8, 4) is 11.3 Å². The zero-order valence-electron chi connectivity index (χ0n) is 12.4. The van der Waals surface area contributed by atoms with Crippen LogP contribution in [0.3, 0.4) is 0 Å². The van der Waals surface area contributed by atoms with Gasteiger partial charge in [-0.15, -0.1) is 0 Å². The molecule has 1 aromatic carbocycles. The minimum absolute atomic E-state index is 0.205. The van der Waals surface area contributed by atoms with E-state index in [1.54, 1.807) is 18.3 Å². The Labute approximate surface area is 129 Å². The van der Waals surface area contributed by atoms with Gasteiger partial charge in [-0.2, -0.15) is 0 Å². The van der Waals surface area contributed by atoms with Crippen LogP contribution in [0.25, 0.3) is 11.3 Å². The van der Waals surface area contributed by atoms with Crippen molar-refractivity contribution < 1.29 is 13.9 Å². The molecule has 0 amide bonds. The van der Waals surface area contributed by atoms with Gasteiger partial charge in [-0.1, -0.05) is 12.1 Å². The third-order valence-corrected chi connectivity index (χ3v) is 3.90. The summed E-state index contributed by atoms with van der Waals surface area (Å²) in [5, 5.41) is 8.94. The highest BCUT2D eigenvalue weighted by Gasteiger charge is 2.18. The van der Waals surface area contributed by atoms with Gasteiger partial charge in [-0.25, -0.2) is 9.37 Å². The number of β-amino-alcohol motifs (C(OH)–C–C–N with tert-alkyl or cyclic N) is 1. The lowest BCUT2D eigenvalue weighted by Gasteiger charge is -2.33. The molecule has 1 fully saturated rings. The number of aliphatic hydroxyl groups is 1. The molecule has 2 aromatic rings. The molecule has 1 aliphatic rings. The average Bonchev–Trinajstić information content (AvgIpc) is 2.98. The second-order valence-corrected chi connectivity index (χ2v) is 5.47. The van der Waals surface area contributed by atoms with Crippen LogP contribution < -0.4 is 0 Å². The van der Waals surface area contributed by atoms with Crippen LogP contribution in [-0.4, -0.2) is 59.2 Å². The Morgan fingerprint density at radius 1 is 1.18 bits per heavy atom. The highest BCUT2D eigenvalue weighted by atomic mass is 19.1. The first kappa shape index (κ1) is 15.1. The van der Waals surface area contributed by atoms with Crippen molar-refractivity contribution in [3.05, 3.63) is 42.2 Å². The van der Waals surface area contributed by atoms with Gasteiger partial charge in [-0.3, -0.25) is 9.80 Å². The Bertz CT molecular complexity index is 609. The molecule has 0 aliphatic carbocycles. The fraction of sp³-hybridized carbons (Fsp3) is 0.438. The van der Waals surface area contributed by atoms with E-state index >= 15 is 0 Å². The van der Waals surface area contributed by atoms with Crippen LogP contribution >= 0.6 is 0 Å². The highest BCUT2D eigenvalue weighted by Crippen LogP contribution is 2.21. The van der Waals surface area contributed by atoms with Crippen molar-refractivity contribution in [1.29, 1.82) is 0 Å². The van der Waals surface area contributed by atoms with Crippen molar-refractivity contribution in [3.63, 3.8) is 0 Å². The Morgan fingerprint density at radius 3 is 2.68 bits per heavy atom. The predicted octanol–water partition coefficient (Wildman–Crippen LogP) is 1.59. The van der Waals surface area contributed by atoms with Crippen LogP contribution in [0.15, 0.2) is 34.9 Å². The van der Waals surface area contributed by atoms with Crippen molar-refractivity contribution in [2.45, 2.75) is 6.54 Å². The molecule has 22 heavy (non-hydrogen) atoms. The molecule has 1 N–H and O–H groups in total. The summed E-state index contributed by atoms with van der Waals surface area (Å²) in [4.78, 5) is 8.80. The van der Waals surface area contributed by atoms with Crippen molar-refractivity contribution in [2.24, 2.45) is 0 Å². The molecule has 2 heterocycles. The topological polar surface area (TPSA) is 52.7 Å². The van der Waals surface area contributed by atoms with Gasteiger partial charge in [0.05, 0.1) is 19.3 Å². The molecule has 1 aromatic heterocycles. The minimum atomic E-state index is -0.282. The van der Waals surface area contributed by atoms with Crippen LogP contribution in [0.2, 0.25) is 0 Å². The number of piperazine rings is 1. The maximum absolute atomic E-state index is 13.2. The SMILES string of the molecule is OCCN1CCN(Cc2ncc(-c3cccc(F)c3)o2)CC1. The van der Waals surface area contributed by atoms with Crippen LogP contribution in [0.5, 0.6) is 0 Å². The summed E-state index contributed by atoms with van der Waals surface area (Å²) < 4.78 is 19.0. The zero-order chi connectivity index (χ0) is 15.4.